The molecule has 19 heavy (non-hydrogen) atoms. The van der Waals surface area contributed by atoms with E-state index in [1.165, 1.54) is 16.9 Å². The molecule has 98 valence electrons. The minimum atomic E-state index is -0.580. The smallest absolute Gasteiger partial charge is 0.270 e. The first-order chi connectivity index (χ1) is 8.97. The predicted octanol–water partition coefficient (Wildman–Crippen LogP) is 1.13. The van der Waals surface area contributed by atoms with E-state index in [0.29, 0.717) is 4.47 Å². The first-order valence-electron chi connectivity index (χ1n) is 4.96. The van der Waals surface area contributed by atoms with E-state index < -0.39 is 10.8 Å². The lowest BCUT2D eigenvalue weighted by molar-refractivity contribution is -0.384. The highest BCUT2D eigenvalue weighted by Crippen LogP contribution is 2.23. The Kier molecular flexibility index (Phi) is 3.51. The van der Waals surface area contributed by atoms with Crippen molar-refractivity contribution in [2.75, 3.05) is 5.32 Å². The number of aromatic nitrogens is 4. The highest BCUT2D eigenvalue weighted by atomic mass is 79.9. The summed E-state index contributed by atoms with van der Waals surface area (Å²) in [6, 6.07) is 3.88. The highest BCUT2D eigenvalue weighted by molar-refractivity contribution is 9.10. The van der Waals surface area contributed by atoms with Crippen molar-refractivity contribution < 1.29 is 9.72 Å². The van der Waals surface area contributed by atoms with Gasteiger partial charge in [0.05, 0.1) is 17.5 Å². The van der Waals surface area contributed by atoms with E-state index in [0.717, 1.165) is 6.07 Å². The monoisotopic (exact) mass is 326 g/mol. The molecule has 0 atom stereocenters. The van der Waals surface area contributed by atoms with E-state index in [4.69, 9.17) is 0 Å². The van der Waals surface area contributed by atoms with Gasteiger partial charge in [-0.15, -0.1) is 5.10 Å². The van der Waals surface area contributed by atoms with E-state index >= 15 is 0 Å². The van der Waals surface area contributed by atoms with Gasteiger partial charge in [0.1, 0.15) is 0 Å². The van der Waals surface area contributed by atoms with Gasteiger partial charge in [0.25, 0.3) is 17.5 Å². The van der Waals surface area contributed by atoms with E-state index in [1.807, 2.05) is 0 Å². The predicted molar refractivity (Wildman–Crippen MR) is 67.5 cm³/mol. The second-order valence-corrected chi connectivity index (χ2v) is 4.33. The van der Waals surface area contributed by atoms with Gasteiger partial charge in [0, 0.05) is 16.6 Å². The Balaban J connectivity index is 2.27. The molecule has 0 unspecified atom stereocenters. The first-order valence-corrected chi connectivity index (χ1v) is 5.76. The zero-order valence-corrected chi connectivity index (χ0v) is 11.2. The number of hydrogen-bond acceptors (Lipinski definition) is 6. The second-order valence-electron chi connectivity index (χ2n) is 3.48. The molecule has 0 aliphatic rings. The molecule has 1 heterocycles. The van der Waals surface area contributed by atoms with Gasteiger partial charge in [-0.1, -0.05) is 5.10 Å². The van der Waals surface area contributed by atoms with Crippen LogP contribution in [-0.4, -0.2) is 31.0 Å². The topological polar surface area (TPSA) is 116 Å². The Bertz CT molecular complexity index is 655. The number of benzene rings is 1. The Morgan fingerprint density at radius 3 is 2.84 bits per heavy atom. The highest BCUT2D eigenvalue weighted by Gasteiger charge is 2.17. The number of nitro benzene ring substituents is 1. The maximum atomic E-state index is 11.9. The number of nitro groups is 1. The Labute approximate surface area is 114 Å². The summed E-state index contributed by atoms with van der Waals surface area (Å²) in [5.41, 5.74) is -0.0675. The molecule has 1 aromatic heterocycles. The zero-order chi connectivity index (χ0) is 14.0. The molecule has 0 fully saturated rings. The maximum Gasteiger partial charge on any atom is 0.270 e. The standard InChI is InChI=1S/C9H7BrN6O3/c1-15-13-9(12-14-15)11-8(17)6-4-5(16(18)19)2-3-7(6)10/h2-4H,1H3,(H,11,13,17). The molecule has 0 bridgehead atoms. The fourth-order valence-electron chi connectivity index (χ4n) is 1.30. The van der Waals surface area contributed by atoms with Crippen molar-refractivity contribution in [2.24, 2.45) is 7.05 Å². The van der Waals surface area contributed by atoms with Crippen LogP contribution in [0.15, 0.2) is 22.7 Å². The van der Waals surface area contributed by atoms with Gasteiger partial charge < -0.3 is 0 Å². The van der Waals surface area contributed by atoms with Crippen molar-refractivity contribution >= 4 is 33.5 Å². The molecule has 2 aromatic rings. The van der Waals surface area contributed by atoms with Crippen molar-refractivity contribution in [3.63, 3.8) is 0 Å². The second kappa shape index (κ2) is 5.10. The van der Waals surface area contributed by atoms with Crippen molar-refractivity contribution in [2.45, 2.75) is 0 Å². The SMILES string of the molecule is Cn1nnc(NC(=O)c2cc([N+](=O)[O-])ccc2Br)n1. The van der Waals surface area contributed by atoms with Crippen LogP contribution in [0.1, 0.15) is 10.4 Å². The third-order valence-electron chi connectivity index (χ3n) is 2.14. The normalized spacial score (nSPS) is 10.2. The lowest BCUT2D eigenvalue weighted by Crippen LogP contribution is -2.14. The molecule has 1 N–H and O–H groups in total. The third kappa shape index (κ3) is 2.91. The van der Waals surface area contributed by atoms with Gasteiger partial charge in [0.15, 0.2) is 0 Å². The van der Waals surface area contributed by atoms with Gasteiger partial charge in [-0.3, -0.25) is 20.2 Å². The van der Waals surface area contributed by atoms with Crippen molar-refractivity contribution in [1.29, 1.82) is 0 Å². The van der Waals surface area contributed by atoms with Gasteiger partial charge in [-0.25, -0.2) is 0 Å². The molecular formula is C9H7BrN6O3. The molecule has 0 radical (unpaired) electrons. The van der Waals surface area contributed by atoms with Crippen LogP contribution in [0.25, 0.3) is 0 Å². The number of nitrogens with one attached hydrogen (secondary N) is 1. The van der Waals surface area contributed by atoms with Gasteiger partial charge in [-0.05, 0) is 27.2 Å². The summed E-state index contributed by atoms with van der Waals surface area (Å²) < 4.78 is 0.430. The maximum absolute atomic E-state index is 11.9. The zero-order valence-electron chi connectivity index (χ0n) is 9.57. The number of anilines is 1. The Morgan fingerprint density at radius 2 is 2.26 bits per heavy atom. The fraction of sp³-hybridized carbons (Fsp3) is 0.111. The first kappa shape index (κ1) is 13.1. The molecule has 1 amide bonds. The number of hydrogen-bond donors (Lipinski definition) is 1. The number of nitrogens with zero attached hydrogens (tertiary/aromatic N) is 5. The van der Waals surface area contributed by atoms with Crippen LogP contribution in [-0.2, 0) is 7.05 Å². The minimum Gasteiger partial charge on any atom is -0.288 e. The summed E-state index contributed by atoms with van der Waals surface area (Å²) in [4.78, 5) is 23.2. The fourth-order valence-corrected chi connectivity index (χ4v) is 1.73. The number of aryl methyl sites for hydroxylation is 1. The van der Waals surface area contributed by atoms with E-state index in [1.54, 1.807) is 7.05 Å². The average Bonchev–Trinajstić information content (AvgIpc) is 2.74. The molecule has 1 aromatic carbocycles. The summed E-state index contributed by atoms with van der Waals surface area (Å²) >= 11 is 3.15. The molecule has 10 heteroatoms. The van der Waals surface area contributed by atoms with Crippen molar-refractivity contribution in [3.05, 3.63) is 38.3 Å². The lowest BCUT2D eigenvalue weighted by Gasteiger charge is -2.03. The van der Waals surface area contributed by atoms with E-state index in [2.05, 4.69) is 36.7 Å². The van der Waals surface area contributed by atoms with Crippen LogP contribution in [0.5, 0.6) is 0 Å². The van der Waals surface area contributed by atoms with Crippen LogP contribution in [0.2, 0.25) is 0 Å². The van der Waals surface area contributed by atoms with E-state index in [-0.39, 0.29) is 17.2 Å². The minimum absolute atomic E-state index is 0.0194. The van der Waals surface area contributed by atoms with Crippen molar-refractivity contribution in [3.8, 4) is 0 Å². The number of carbonyl (C=O) groups is 1. The quantitative estimate of drug-likeness (QED) is 0.667. The number of halogens is 1. The summed E-state index contributed by atoms with van der Waals surface area (Å²) in [5, 5.41) is 24.0. The van der Waals surface area contributed by atoms with Crippen LogP contribution in [0.3, 0.4) is 0 Å². The molecule has 0 saturated carbocycles. The number of amides is 1. The number of non-ortho nitro benzene ring substituents is 1. The molecule has 0 aliphatic heterocycles. The van der Waals surface area contributed by atoms with Crippen LogP contribution < -0.4 is 5.32 Å². The van der Waals surface area contributed by atoms with Crippen molar-refractivity contribution in [1.82, 2.24) is 20.2 Å². The Hall–Kier alpha value is -2.36. The number of carbonyl (C=O) groups excluding carboxylic acids is 1. The molecule has 2 rings (SSSR count). The van der Waals surface area contributed by atoms with Crippen LogP contribution in [0.4, 0.5) is 11.6 Å². The largest absolute Gasteiger partial charge is 0.288 e. The number of tetrazole rings is 1. The lowest BCUT2D eigenvalue weighted by atomic mass is 10.2. The molecule has 0 aliphatic carbocycles. The summed E-state index contributed by atoms with van der Waals surface area (Å²) in [7, 11) is 1.55. The van der Waals surface area contributed by atoms with Crippen LogP contribution in [0, 0.1) is 10.1 Å². The number of rotatable bonds is 3. The summed E-state index contributed by atoms with van der Waals surface area (Å²) in [6.07, 6.45) is 0. The van der Waals surface area contributed by atoms with E-state index in [9.17, 15) is 14.9 Å². The summed E-state index contributed by atoms with van der Waals surface area (Å²) in [5.74, 6) is -0.547. The molecular weight excluding hydrogens is 320 g/mol. The summed E-state index contributed by atoms with van der Waals surface area (Å²) in [6.45, 7) is 0. The molecule has 9 nitrogen and oxygen atoms in total. The van der Waals surface area contributed by atoms with Gasteiger partial charge in [0.2, 0.25) is 0 Å². The van der Waals surface area contributed by atoms with Crippen LogP contribution >= 0.6 is 15.9 Å². The third-order valence-corrected chi connectivity index (χ3v) is 2.83. The molecule has 0 spiro atoms. The Morgan fingerprint density at radius 1 is 1.53 bits per heavy atom. The molecule has 0 saturated heterocycles. The van der Waals surface area contributed by atoms with Gasteiger partial charge >= 0.3 is 0 Å². The average molecular weight is 327 g/mol. The van der Waals surface area contributed by atoms with Gasteiger partial charge in [-0.2, -0.15) is 4.80 Å².